The lowest BCUT2D eigenvalue weighted by Crippen LogP contribution is -2.10. The van der Waals surface area contributed by atoms with E-state index in [1.54, 1.807) is 0 Å². The van der Waals surface area contributed by atoms with E-state index in [-0.39, 0.29) is 0 Å². The Bertz CT molecular complexity index is 2880. The molecular weight excluding hydrogens is 609 g/mol. The average molecular weight is 639 g/mol. The van der Waals surface area contributed by atoms with Crippen molar-refractivity contribution in [2.45, 2.75) is 0 Å². The molecule has 0 aliphatic carbocycles. The summed E-state index contributed by atoms with van der Waals surface area (Å²) in [6.07, 6.45) is 1.97. The molecule has 0 bridgehead atoms. The Balaban J connectivity index is 1.13. The smallest absolute Gasteiger partial charge is 0.155 e. The SMILES string of the molecule is c1cc(-c2ccc3ccccc3c2)cc(N(c2ccc(-c3cccc4ccccc34)cc2)c2cnc3c(c2)oc2c4ccccc4ccc32)c1. The molecule has 3 heteroatoms. The first-order chi connectivity index (χ1) is 24.8. The molecule has 0 N–H and O–H groups in total. The molecule has 10 rings (SSSR count). The molecule has 0 spiro atoms. The monoisotopic (exact) mass is 638 g/mol. The predicted octanol–water partition coefficient (Wildman–Crippen LogP) is 13.2. The van der Waals surface area contributed by atoms with Gasteiger partial charge >= 0.3 is 0 Å². The van der Waals surface area contributed by atoms with Crippen molar-refractivity contribution >= 4 is 71.4 Å². The van der Waals surface area contributed by atoms with Gasteiger partial charge in [0.15, 0.2) is 5.58 Å². The first-order valence-corrected chi connectivity index (χ1v) is 16.9. The highest BCUT2D eigenvalue weighted by Crippen LogP contribution is 2.41. The van der Waals surface area contributed by atoms with Crippen molar-refractivity contribution in [1.82, 2.24) is 4.98 Å². The van der Waals surface area contributed by atoms with Crippen LogP contribution >= 0.6 is 0 Å². The van der Waals surface area contributed by atoms with Crippen LogP contribution in [-0.2, 0) is 0 Å². The first-order valence-electron chi connectivity index (χ1n) is 16.9. The fraction of sp³-hybridized carbons (Fsp3) is 0. The summed E-state index contributed by atoms with van der Waals surface area (Å²) >= 11 is 0. The second-order valence-electron chi connectivity index (χ2n) is 12.8. The van der Waals surface area contributed by atoms with Crippen LogP contribution < -0.4 is 4.90 Å². The maximum absolute atomic E-state index is 6.59. The number of nitrogens with zero attached hydrogens (tertiary/aromatic N) is 2. The van der Waals surface area contributed by atoms with E-state index in [0.717, 1.165) is 55.5 Å². The minimum atomic E-state index is 0.761. The summed E-state index contributed by atoms with van der Waals surface area (Å²) in [4.78, 5) is 7.30. The Morgan fingerprint density at radius 2 is 1.06 bits per heavy atom. The van der Waals surface area contributed by atoms with Gasteiger partial charge in [0.25, 0.3) is 0 Å². The van der Waals surface area contributed by atoms with Gasteiger partial charge in [-0.3, -0.25) is 0 Å². The molecule has 8 aromatic carbocycles. The van der Waals surface area contributed by atoms with Crippen molar-refractivity contribution in [2.24, 2.45) is 0 Å². The summed E-state index contributed by atoms with van der Waals surface area (Å²) in [6.45, 7) is 0. The van der Waals surface area contributed by atoms with Crippen LogP contribution in [-0.4, -0.2) is 4.98 Å². The van der Waals surface area contributed by atoms with E-state index < -0.39 is 0 Å². The van der Waals surface area contributed by atoms with Gasteiger partial charge in [-0.15, -0.1) is 0 Å². The quantitative estimate of drug-likeness (QED) is 0.188. The number of rotatable bonds is 5. The van der Waals surface area contributed by atoms with Crippen LogP contribution in [0.1, 0.15) is 0 Å². The van der Waals surface area contributed by atoms with Crippen LogP contribution in [0.5, 0.6) is 0 Å². The standard InChI is InChI=1S/C47H30N2O/c1-2-12-35-27-37(20-19-31(35)9-1)36-14-7-15-39(28-36)49(38-24-21-34(22-25-38)42-18-8-13-32-10-3-5-16-41(32)42)40-29-45-46(48-30-40)44-26-23-33-11-4-6-17-43(33)47(44)50-45/h1-30H. The van der Waals surface area contributed by atoms with Crippen LogP contribution in [0.2, 0.25) is 0 Å². The van der Waals surface area contributed by atoms with Crippen LogP contribution in [0.25, 0.3) is 76.6 Å². The molecule has 0 saturated heterocycles. The van der Waals surface area contributed by atoms with Crippen molar-refractivity contribution < 1.29 is 4.42 Å². The zero-order valence-corrected chi connectivity index (χ0v) is 27.1. The molecule has 0 atom stereocenters. The number of hydrogen-bond donors (Lipinski definition) is 0. The number of anilines is 3. The van der Waals surface area contributed by atoms with Gasteiger partial charge in [-0.1, -0.05) is 133 Å². The number of furan rings is 1. The van der Waals surface area contributed by atoms with Crippen molar-refractivity contribution in [3.8, 4) is 22.3 Å². The number of benzene rings is 8. The van der Waals surface area contributed by atoms with Crippen LogP contribution in [0.4, 0.5) is 17.1 Å². The second-order valence-corrected chi connectivity index (χ2v) is 12.8. The molecule has 0 aliphatic rings. The van der Waals surface area contributed by atoms with E-state index >= 15 is 0 Å². The molecule has 234 valence electrons. The molecule has 0 aliphatic heterocycles. The fourth-order valence-corrected chi connectivity index (χ4v) is 7.39. The molecule has 10 aromatic rings. The lowest BCUT2D eigenvalue weighted by atomic mass is 9.98. The number of pyridine rings is 1. The van der Waals surface area contributed by atoms with Gasteiger partial charge in [-0.2, -0.15) is 0 Å². The Morgan fingerprint density at radius 1 is 0.400 bits per heavy atom. The Labute approximate surface area is 289 Å². The molecule has 0 unspecified atom stereocenters. The van der Waals surface area contributed by atoms with E-state index in [9.17, 15) is 0 Å². The van der Waals surface area contributed by atoms with Crippen LogP contribution in [0, 0.1) is 0 Å². The molecule has 0 amide bonds. The van der Waals surface area contributed by atoms with E-state index in [1.807, 2.05) is 6.20 Å². The van der Waals surface area contributed by atoms with Gasteiger partial charge in [-0.05, 0) is 85.6 Å². The normalized spacial score (nSPS) is 11.6. The van der Waals surface area contributed by atoms with E-state index in [1.165, 1.54) is 38.2 Å². The van der Waals surface area contributed by atoms with Crippen molar-refractivity contribution in [3.63, 3.8) is 0 Å². The van der Waals surface area contributed by atoms with Gasteiger partial charge < -0.3 is 9.32 Å². The first kappa shape index (κ1) is 28.3. The predicted molar refractivity (Wildman–Crippen MR) is 210 cm³/mol. The number of fused-ring (bicyclic) bond motifs is 7. The lowest BCUT2D eigenvalue weighted by Gasteiger charge is -2.26. The van der Waals surface area contributed by atoms with E-state index in [2.05, 4.69) is 181 Å². The maximum Gasteiger partial charge on any atom is 0.155 e. The van der Waals surface area contributed by atoms with Gasteiger partial charge in [0.05, 0.1) is 11.9 Å². The lowest BCUT2D eigenvalue weighted by molar-refractivity contribution is 0.672. The Hall–Kier alpha value is -6.71. The molecule has 3 nitrogen and oxygen atoms in total. The fourth-order valence-electron chi connectivity index (χ4n) is 7.39. The van der Waals surface area contributed by atoms with Crippen LogP contribution in [0.3, 0.4) is 0 Å². The third-order valence-corrected chi connectivity index (χ3v) is 9.86. The Kier molecular flexibility index (Phi) is 6.49. The molecule has 2 aromatic heterocycles. The van der Waals surface area contributed by atoms with E-state index in [0.29, 0.717) is 0 Å². The van der Waals surface area contributed by atoms with Gasteiger partial charge in [0.1, 0.15) is 11.1 Å². The zero-order chi connectivity index (χ0) is 33.0. The summed E-state index contributed by atoms with van der Waals surface area (Å²) < 4.78 is 6.59. The van der Waals surface area contributed by atoms with Gasteiger partial charge in [-0.25, -0.2) is 4.98 Å². The minimum absolute atomic E-state index is 0.761. The number of aromatic nitrogens is 1. The van der Waals surface area contributed by atoms with Crippen molar-refractivity contribution in [3.05, 3.63) is 182 Å². The summed E-state index contributed by atoms with van der Waals surface area (Å²) in [5.74, 6) is 0. The third-order valence-electron chi connectivity index (χ3n) is 9.86. The topological polar surface area (TPSA) is 29.3 Å². The van der Waals surface area contributed by atoms with Gasteiger partial charge in [0.2, 0.25) is 0 Å². The van der Waals surface area contributed by atoms with Crippen molar-refractivity contribution in [1.29, 1.82) is 0 Å². The molecule has 0 radical (unpaired) electrons. The second kappa shape index (κ2) is 11.5. The largest absolute Gasteiger partial charge is 0.454 e. The minimum Gasteiger partial charge on any atom is -0.454 e. The summed E-state index contributed by atoms with van der Waals surface area (Å²) in [5, 5.41) is 8.20. The van der Waals surface area contributed by atoms with E-state index in [4.69, 9.17) is 9.40 Å². The maximum atomic E-state index is 6.59. The summed E-state index contributed by atoms with van der Waals surface area (Å²) in [6, 6.07) is 62.6. The third kappa shape index (κ3) is 4.71. The highest BCUT2D eigenvalue weighted by molar-refractivity contribution is 6.14. The van der Waals surface area contributed by atoms with Gasteiger partial charge in [0, 0.05) is 28.2 Å². The van der Waals surface area contributed by atoms with Crippen molar-refractivity contribution in [2.75, 3.05) is 4.90 Å². The summed E-state index contributed by atoms with van der Waals surface area (Å²) in [5.41, 5.74) is 10.2. The summed E-state index contributed by atoms with van der Waals surface area (Å²) in [7, 11) is 0. The molecule has 0 saturated carbocycles. The highest BCUT2D eigenvalue weighted by atomic mass is 16.3. The molecule has 0 fully saturated rings. The zero-order valence-electron chi connectivity index (χ0n) is 27.1. The molecule has 50 heavy (non-hydrogen) atoms. The highest BCUT2D eigenvalue weighted by Gasteiger charge is 2.18. The molecule has 2 heterocycles. The average Bonchev–Trinajstić information content (AvgIpc) is 3.57. The number of hydrogen-bond acceptors (Lipinski definition) is 3. The molecular formula is C47H30N2O. The van der Waals surface area contributed by atoms with Crippen LogP contribution in [0.15, 0.2) is 187 Å². The Morgan fingerprint density at radius 3 is 1.92 bits per heavy atom.